The van der Waals surface area contributed by atoms with Crippen LogP contribution >= 0.6 is 23.2 Å². The zero-order valence-electron chi connectivity index (χ0n) is 6.78. The van der Waals surface area contributed by atoms with Gasteiger partial charge in [0.2, 0.25) is 0 Å². The van der Waals surface area contributed by atoms with Crippen LogP contribution in [-0.2, 0) is 0 Å². The van der Waals surface area contributed by atoms with Gasteiger partial charge in [-0.2, -0.15) is 0 Å². The Hall–Kier alpha value is -0.310. The van der Waals surface area contributed by atoms with Gasteiger partial charge in [0.25, 0.3) is 0 Å². The van der Waals surface area contributed by atoms with Gasteiger partial charge in [-0.3, -0.25) is 0 Å². The predicted molar refractivity (Wildman–Crippen MR) is 52.0 cm³/mol. The van der Waals surface area contributed by atoms with E-state index in [2.05, 4.69) is 5.32 Å². The summed E-state index contributed by atoms with van der Waals surface area (Å²) in [5, 5.41) is 3.71. The number of benzene rings is 1. The second-order valence-electron chi connectivity index (χ2n) is 3.15. The molecular formula is C9H8Cl2FN. The second kappa shape index (κ2) is 3.45. The van der Waals surface area contributed by atoms with Gasteiger partial charge in [0.15, 0.2) is 0 Å². The molecule has 13 heavy (non-hydrogen) atoms. The lowest BCUT2D eigenvalue weighted by Gasteiger charge is -2.28. The zero-order chi connectivity index (χ0) is 9.42. The van der Waals surface area contributed by atoms with Gasteiger partial charge in [-0.25, -0.2) is 4.39 Å². The first-order valence-corrected chi connectivity index (χ1v) is 4.79. The van der Waals surface area contributed by atoms with Crippen LogP contribution in [0.3, 0.4) is 0 Å². The summed E-state index contributed by atoms with van der Waals surface area (Å²) in [6.45, 7) is 1.69. The van der Waals surface area contributed by atoms with E-state index < -0.39 is 5.82 Å². The highest BCUT2D eigenvalue weighted by Gasteiger charge is 2.23. The molecule has 1 aliphatic rings. The van der Waals surface area contributed by atoms with Gasteiger partial charge >= 0.3 is 0 Å². The smallest absolute Gasteiger partial charge is 0.143 e. The molecule has 1 saturated heterocycles. The third kappa shape index (κ3) is 1.66. The van der Waals surface area contributed by atoms with Crippen LogP contribution in [-0.4, -0.2) is 13.1 Å². The van der Waals surface area contributed by atoms with Crippen molar-refractivity contribution in [1.82, 2.24) is 5.32 Å². The van der Waals surface area contributed by atoms with Gasteiger partial charge in [-0.05, 0) is 17.7 Å². The number of hydrogen-bond donors (Lipinski definition) is 1. The lowest BCUT2D eigenvalue weighted by molar-refractivity contribution is 0.446. The van der Waals surface area contributed by atoms with E-state index in [9.17, 15) is 4.39 Å². The molecule has 0 saturated carbocycles. The van der Waals surface area contributed by atoms with Gasteiger partial charge in [0.1, 0.15) is 5.82 Å². The Kier molecular flexibility index (Phi) is 2.45. The second-order valence-corrected chi connectivity index (χ2v) is 3.96. The third-order valence-corrected chi connectivity index (χ3v) is 2.86. The SMILES string of the molecule is Fc1cc(Cl)cc(C2CNC2)c1Cl. The van der Waals surface area contributed by atoms with Crippen LogP contribution < -0.4 is 5.32 Å². The molecule has 1 heterocycles. The number of halogens is 3. The van der Waals surface area contributed by atoms with Gasteiger partial charge in [-0.1, -0.05) is 23.2 Å². The summed E-state index contributed by atoms with van der Waals surface area (Å²) in [6, 6.07) is 2.97. The van der Waals surface area contributed by atoms with E-state index >= 15 is 0 Å². The highest BCUT2D eigenvalue weighted by Crippen LogP contribution is 2.32. The Morgan fingerprint density at radius 1 is 1.31 bits per heavy atom. The normalized spacial score (nSPS) is 17.2. The van der Waals surface area contributed by atoms with Crippen molar-refractivity contribution in [3.8, 4) is 0 Å². The summed E-state index contributed by atoms with van der Waals surface area (Å²) in [5.74, 6) is -0.128. The maximum Gasteiger partial charge on any atom is 0.143 e. The van der Waals surface area contributed by atoms with E-state index in [4.69, 9.17) is 23.2 Å². The Morgan fingerprint density at radius 3 is 2.54 bits per heavy atom. The van der Waals surface area contributed by atoms with E-state index in [1.165, 1.54) is 6.07 Å². The molecule has 0 bridgehead atoms. The van der Waals surface area contributed by atoms with Crippen LogP contribution in [0.4, 0.5) is 4.39 Å². The van der Waals surface area contributed by atoms with Crippen LogP contribution in [0.15, 0.2) is 12.1 Å². The highest BCUT2D eigenvalue weighted by atomic mass is 35.5. The van der Waals surface area contributed by atoms with Crippen molar-refractivity contribution in [3.05, 3.63) is 33.6 Å². The lowest BCUT2D eigenvalue weighted by atomic mass is 9.94. The molecule has 1 aromatic carbocycles. The first-order valence-electron chi connectivity index (χ1n) is 4.03. The molecular weight excluding hydrogens is 212 g/mol. The maximum atomic E-state index is 13.1. The molecule has 0 aliphatic carbocycles. The highest BCUT2D eigenvalue weighted by molar-refractivity contribution is 6.33. The number of nitrogens with one attached hydrogen (secondary N) is 1. The minimum Gasteiger partial charge on any atom is -0.315 e. The van der Waals surface area contributed by atoms with E-state index in [0.29, 0.717) is 10.9 Å². The lowest BCUT2D eigenvalue weighted by Crippen LogP contribution is -2.40. The summed E-state index contributed by atoms with van der Waals surface area (Å²) in [4.78, 5) is 0. The predicted octanol–water partition coefficient (Wildman–Crippen LogP) is 2.82. The molecule has 0 spiro atoms. The molecule has 2 rings (SSSR count). The number of hydrogen-bond acceptors (Lipinski definition) is 1. The largest absolute Gasteiger partial charge is 0.315 e. The van der Waals surface area contributed by atoms with Gasteiger partial charge in [0.05, 0.1) is 5.02 Å². The number of rotatable bonds is 1. The Balaban J connectivity index is 2.42. The molecule has 70 valence electrons. The van der Waals surface area contributed by atoms with Crippen LogP contribution in [0, 0.1) is 5.82 Å². The quantitative estimate of drug-likeness (QED) is 0.717. The van der Waals surface area contributed by atoms with Crippen molar-refractivity contribution < 1.29 is 4.39 Å². The van der Waals surface area contributed by atoms with E-state index in [0.717, 1.165) is 18.7 Å². The summed E-state index contributed by atoms with van der Waals surface area (Å²) in [7, 11) is 0. The Morgan fingerprint density at radius 2 is 2.00 bits per heavy atom. The summed E-state index contributed by atoms with van der Waals surface area (Å²) >= 11 is 11.5. The van der Waals surface area contributed by atoms with Crippen molar-refractivity contribution in [2.24, 2.45) is 0 Å². The minimum atomic E-state index is -0.434. The fourth-order valence-corrected chi connectivity index (χ4v) is 1.86. The minimum absolute atomic E-state index is 0.205. The first-order chi connectivity index (χ1) is 6.18. The van der Waals surface area contributed by atoms with E-state index in [1.807, 2.05) is 0 Å². The summed E-state index contributed by atoms with van der Waals surface area (Å²) in [5.41, 5.74) is 0.811. The molecule has 1 fully saturated rings. The summed E-state index contributed by atoms with van der Waals surface area (Å²) in [6.07, 6.45) is 0. The van der Waals surface area contributed by atoms with Gasteiger partial charge in [-0.15, -0.1) is 0 Å². The summed E-state index contributed by atoms with van der Waals surface area (Å²) < 4.78 is 13.1. The molecule has 0 atom stereocenters. The topological polar surface area (TPSA) is 12.0 Å². The zero-order valence-corrected chi connectivity index (χ0v) is 8.29. The molecule has 0 aromatic heterocycles. The molecule has 1 nitrogen and oxygen atoms in total. The Labute approximate surface area is 85.8 Å². The van der Waals surface area contributed by atoms with Crippen molar-refractivity contribution in [1.29, 1.82) is 0 Å². The van der Waals surface area contributed by atoms with Crippen LogP contribution in [0.1, 0.15) is 11.5 Å². The molecule has 1 aromatic rings. The van der Waals surface area contributed by atoms with Crippen molar-refractivity contribution in [2.75, 3.05) is 13.1 Å². The van der Waals surface area contributed by atoms with Crippen molar-refractivity contribution in [3.63, 3.8) is 0 Å². The molecule has 0 amide bonds. The van der Waals surface area contributed by atoms with Crippen molar-refractivity contribution >= 4 is 23.2 Å². The molecule has 4 heteroatoms. The molecule has 0 radical (unpaired) electrons. The van der Waals surface area contributed by atoms with Gasteiger partial charge < -0.3 is 5.32 Å². The van der Waals surface area contributed by atoms with E-state index in [1.54, 1.807) is 6.07 Å². The monoisotopic (exact) mass is 219 g/mol. The Bertz CT molecular complexity index is 337. The molecule has 1 aliphatic heterocycles. The van der Waals surface area contributed by atoms with Gasteiger partial charge in [0, 0.05) is 24.0 Å². The van der Waals surface area contributed by atoms with Crippen LogP contribution in [0.25, 0.3) is 0 Å². The third-order valence-electron chi connectivity index (χ3n) is 2.24. The van der Waals surface area contributed by atoms with E-state index in [-0.39, 0.29) is 5.02 Å². The van der Waals surface area contributed by atoms with Crippen LogP contribution in [0.2, 0.25) is 10.0 Å². The maximum absolute atomic E-state index is 13.1. The first kappa shape index (κ1) is 9.25. The fraction of sp³-hybridized carbons (Fsp3) is 0.333. The average molecular weight is 220 g/mol. The van der Waals surface area contributed by atoms with Crippen molar-refractivity contribution in [2.45, 2.75) is 5.92 Å². The van der Waals surface area contributed by atoms with Crippen LogP contribution in [0.5, 0.6) is 0 Å². The molecule has 0 unspecified atom stereocenters. The molecule has 1 N–H and O–H groups in total. The fourth-order valence-electron chi connectivity index (χ4n) is 1.38. The standard InChI is InChI=1S/C9H8Cl2FN/c10-6-1-7(5-3-13-4-5)9(11)8(12)2-6/h1-2,5,13H,3-4H2. The average Bonchev–Trinajstić information content (AvgIpc) is 1.95.